The Morgan fingerprint density at radius 2 is 2.18 bits per heavy atom. The topological polar surface area (TPSA) is 92.2 Å². The molecule has 0 radical (unpaired) electrons. The van der Waals surface area contributed by atoms with Crippen LogP contribution < -0.4 is 0 Å². The lowest BCUT2D eigenvalue weighted by Crippen LogP contribution is -2.47. The highest BCUT2D eigenvalue weighted by Crippen LogP contribution is 2.40. The number of amides is 1. The van der Waals surface area contributed by atoms with Gasteiger partial charge < -0.3 is 9.26 Å². The second-order valence-electron chi connectivity index (χ2n) is 7.65. The predicted molar refractivity (Wildman–Crippen MR) is 94.3 cm³/mol. The minimum Gasteiger partial charge on any atom is -0.444 e. The summed E-state index contributed by atoms with van der Waals surface area (Å²) in [4.78, 5) is 17.9. The number of hydrogen-bond donors (Lipinski definition) is 0. The Balaban J connectivity index is 1.90. The maximum atomic E-state index is 14.0. The molecule has 1 aromatic heterocycles. The molecule has 1 saturated heterocycles. The largest absolute Gasteiger partial charge is 0.444 e. The number of benzene rings is 1. The normalized spacial score (nSPS) is 19.1. The molecular weight excluding hydrogens is 370 g/mol. The molecule has 148 valence electrons. The Morgan fingerprint density at radius 1 is 1.43 bits per heavy atom. The zero-order chi connectivity index (χ0) is 20.5. The summed E-state index contributed by atoms with van der Waals surface area (Å²) in [5, 5.41) is 12.8. The number of hydrogen-bond acceptors (Lipinski definition) is 6. The van der Waals surface area contributed by atoms with E-state index in [0.717, 1.165) is 0 Å². The maximum Gasteiger partial charge on any atom is 0.410 e. The molecule has 0 aliphatic carbocycles. The van der Waals surface area contributed by atoms with Crippen LogP contribution in [0.2, 0.25) is 0 Å². The summed E-state index contributed by atoms with van der Waals surface area (Å²) in [7, 11) is 0. The number of carbonyl (C=O) groups is 1. The molecular formula is C19H20F2N4O3. The molecule has 0 bridgehead atoms. The van der Waals surface area contributed by atoms with E-state index in [1.165, 1.54) is 4.90 Å². The van der Waals surface area contributed by atoms with Crippen molar-refractivity contribution >= 4 is 6.09 Å². The van der Waals surface area contributed by atoms with E-state index in [1.54, 1.807) is 45.0 Å². The molecule has 28 heavy (non-hydrogen) atoms. The Kier molecular flexibility index (Phi) is 5.06. The first-order valence-corrected chi connectivity index (χ1v) is 8.79. The van der Waals surface area contributed by atoms with E-state index in [0.29, 0.717) is 11.1 Å². The molecule has 1 atom stereocenters. The molecule has 1 aliphatic rings. The first-order valence-electron chi connectivity index (χ1n) is 8.79. The van der Waals surface area contributed by atoms with Crippen LogP contribution in [0.3, 0.4) is 0 Å². The Morgan fingerprint density at radius 3 is 2.86 bits per heavy atom. The third kappa shape index (κ3) is 4.44. The fourth-order valence-corrected chi connectivity index (χ4v) is 2.91. The van der Waals surface area contributed by atoms with E-state index >= 15 is 0 Å². The average molecular weight is 390 g/mol. The highest BCUT2D eigenvalue weighted by atomic mass is 19.3. The van der Waals surface area contributed by atoms with Gasteiger partial charge in [-0.3, -0.25) is 4.90 Å². The van der Waals surface area contributed by atoms with Crippen LogP contribution in [0.5, 0.6) is 0 Å². The highest BCUT2D eigenvalue weighted by Gasteiger charge is 2.46. The van der Waals surface area contributed by atoms with Crippen molar-refractivity contribution in [3.05, 3.63) is 35.7 Å². The monoisotopic (exact) mass is 390 g/mol. The van der Waals surface area contributed by atoms with Crippen LogP contribution in [0.4, 0.5) is 13.6 Å². The van der Waals surface area contributed by atoms with Crippen molar-refractivity contribution in [3.63, 3.8) is 0 Å². The fraction of sp³-hybridized carbons (Fsp3) is 0.474. The number of carbonyl (C=O) groups excluding carboxylic acids is 1. The molecule has 1 aliphatic heterocycles. The van der Waals surface area contributed by atoms with Gasteiger partial charge >= 0.3 is 6.09 Å². The quantitative estimate of drug-likeness (QED) is 0.758. The number of rotatable bonds is 2. The molecule has 7 nitrogen and oxygen atoms in total. The van der Waals surface area contributed by atoms with Gasteiger partial charge in [-0.15, -0.1) is 0 Å². The van der Waals surface area contributed by atoms with Crippen molar-refractivity contribution in [3.8, 4) is 17.5 Å². The van der Waals surface area contributed by atoms with Gasteiger partial charge in [-0.05, 0) is 32.9 Å². The Labute approximate surface area is 160 Å². The van der Waals surface area contributed by atoms with Gasteiger partial charge in [0.05, 0.1) is 11.6 Å². The molecule has 1 unspecified atom stereocenters. The van der Waals surface area contributed by atoms with Gasteiger partial charge in [0.15, 0.2) is 0 Å². The summed E-state index contributed by atoms with van der Waals surface area (Å²) < 4.78 is 38.6. The number of ether oxygens (including phenoxy) is 1. The molecule has 9 heteroatoms. The summed E-state index contributed by atoms with van der Waals surface area (Å²) >= 11 is 0. The van der Waals surface area contributed by atoms with E-state index in [9.17, 15) is 13.6 Å². The van der Waals surface area contributed by atoms with Gasteiger partial charge in [-0.25, -0.2) is 13.6 Å². The maximum absolute atomic E-state index is 14.0. The molecule has 0 saturated carbocycles. The third-order valence-electron chi connectivity index (χ3n) is 4.19. The summed E-state index contributed by atoms with van der Waals surface area (Å²) in [5.74, 6) is -2.90. The second-order valence-corrected chi connectivity index (χ2v) is 7.65. The number of aromatic nitrogens is 2. The van der Waals surface area contributed by atoms with Gasteiger partial charge in [0, 0.05) is 24.9 Å². The lowest BCUT2D eigenvalue weighted by molar-refractivity contribution is -0.0858. The van der Waals surface area contributed by atoms with Crippen molar-refractivity contribution in [1.82, 2.24) is 15.0 Å². The van der Waals surface area contributed by atoms with E-state index in [4.69, 9.17) is 14.5 Å². The summed E-state index contributed by atoms with van der Waals surface area (Å²) in [6.07, 6.45) is -1.81. The van der Waals surface area contributed by atoms with Crippen molar-refractivity contribution in [2.45, 2.75) is 51.2 Å². The zero-order valence-electron chi connectivity index (χ0n) is 15.8. The van der Waals surface area contributed by atoms with Crippen LogP contribution in [-0.4, -0.2) is 39.2 Å². The smallest absolute Gasteiger partial charge is 0.410 e. The summed E-state index contributed by atoms with van der Waals surface area (Å²) in [6, 6.07) is 7.43. The van der Waals surface area contributed by atoms with Gasteiger partial charge in [-0.1, -0.05) is 17.3 Å². The van der Waals surface area contributed by atoms with E-state index in [1.807, 2.05) is 6.07 Å². The van der Waals surface area contributed by atoms with Crippen LogP contribution in [0.1, 0.15) is 51.1 Å². The number of halogens is 2. The lowest BCUT2D eigenvalue weighted by Gasteiger charge is -2.37. The van der Waals surface area contributed by atoms with Gasteiger partial charge in [0.25, 0.3) is 5.92 Å². The lowest BCUT2D eigenvalue weighted by atomic mass is 9.98. The SMILES string of the molecule is CC(C)(C)OC(=O)N1CCC(F)(F)CC1c1nc(-c2cccc(C#N)c2)no1. The summed E-state index contributed by atoms with van der Waals surface area (Å²) in [5.41, 5.74) is 0.156. The molecule has 2 aromatic rings. The van der Waals surface area contributed by atoms with Crippen LogP contribution >= 0.6 is 0 Å². The first-order chi connectivity index (χ1) is 13.1. The number of nitrogens with zero attached hydrogens (tertiary/aromatic N) is 4. The number of alkyl halides is 2. The third-order valence-corrected chi connectivity index (χ3v) is 4.19. The van der Waals surface area contributed by atoms with Crippen molar-refractivity contribution in [2.24, 2.45) is 0 Å². The van der Waals surface area contributed by atoms with Crippen molar-refractivity contribution in [2.75, 3.05) is 6.54 Å². The van der Waals surface area contributed by atoms with E-state index in [2.05, 4.69) is 10.1 Å². The minimum atomic E-state index is -2.96. The molecule has 0 N–H and O–H groups in total. The van der Waals surface area contributed by atoms with E-state index in [-0.39, 0.29) is 18.3 Å². The van der Waals surface area contributed by atoms with Crippen LogP contribution in [0.25, 0.3) is 11.4 Å². The number of likely N-dealkylation sites (tertiary alicyclic amines) is 1. The minimum absolute atomic E-state index is 0.0948. The molecule has 1 fully saturated rings. The number of piperidine rings is 1. The molecule has 0 spiro atoms. The van der Waals surface area contributed by atoms with Crippen molar-refractivity contribution in [1.29, 1.82) is 5.26 Å². The van der Waals surface area contributed by atoms with Crippen LogP contribution in [0, 0.1) is 11.3 Å². The Bertz CT molecular complexity index is 914. The molecule has 3 rings (SSSR count). The molecule has 1 amide bonds. The van der Waals surface area contributed by atoms with Crippen LogP contribution in [-0.2, 0) is 4.74 Å². The first kappa shape index (κ1) is 19.7. The zero-order valence-corrected chi connectivity index (χ0v) is 15.8. The predicted octanol–water partition coefficient (Wildman–Crippen LogP) is 4.32. The second kappa shape index (κ2) is 7.19. The molecule has 2 heterocycles. The van der Waals surface area contributed by atoms with Gasteiger partial charge in [0.2, 0.25) is 11.7 Å². The van der Waals surface area contributed by atoms with Crippen LogP contribution in [0.15, 0.2) is 28.8 Å². The standard InChI is InChI=1S/C19H20F2N4O3/c1-18(2,3)27-17(26)25-8-7-19(20,21)10-14(25)16-23-15(24-28-16)13-6-4-5-12(9-13)11-22/h4-6,9,14H,7-8,10H2,1-3H3. The fourth-order valence-electron chi connectivity index (χ4n) is 2.91. The Hall–Kier alpha value is -3.02. The highest BCUT2D eigenvalue weighted by molar-refractivity contribution is 5.69. The van der Waals surface area contributed by atoms with Crippen molar-refractivity contribution < 1.29 is 22.8 Å². The average Bonchev–Trinajstić information content (AvgIpc) is 3.09. The summed E-state index contributed by atoms with van der Waals surface area (Å²) in [6.45, 7) is 4.91. The van der Waals surface area contributed by atoms with E-state index < -0.39 is 36.5 Å². The number of nitriles is 1. The molecule has 1 aromatic carbocycles. The van der Waals surface area contributed by atoms with Gasteiger partial charge in [-0.2, -0.15) is 10.2 Å². The van der Waals surface area contributed by atoms with Gasteiger partial charge in [0.1, 0.15) is 11.6 Å².